The minimum Gasteiger partial charge on any atom is -0.495 e. The van der Waals surface area contributed by atoms with Crippen LogP contribution in [-0.2, 0) is 9.84 Å². The van der Waals surface area contributed by atoms with Crippen molar-refractivity contribution in [2.45, 2.75) is 30.6 Å². The molecular weight excluding hydrogens is 276 g/mol. The van der Waals surface area contributed by atoms with Crippen molar-refractivity contribution in [1.29, 1.82) is 5.26 Å². The number of ether oxygens (including phenoxy) is 1. The Labute approximate surface area is 119 Å². The van der Waals surface area contributed by atoms with Crippen molar-refractivity contribution >= 4 is 15.5 Å². The molecule has 0 aliphatic heterocycles. The Balaban J connectivity index is 2.24. The zero-order chi connectivity index (χ0) is 14.8. The monoisotopic (exact) mass is 294 g/mol. The molecule has 0 radical (unpaired) electrons. The Morgan fingerprint density at radius 1 is 1.40 bits per heavy atom. The molecule has 1 aromatic rings. The number of nitriles is 1. The van der Waals surface area contributed by atoms with Gasteiger partial charge in [-0.15, -0.1) is 0 Å². The highest BCUT2D eigenvalue weighted by atomic mass is 32.2. The van der Waals surface area contributed by atoms with E-state index in [2.05, 4.69) is 11.4 Å². The predicted octanol–water partition coefficient (Wildman–Crippen LogP) is 1.94. The van der Waals surface area contributed by atoms with Crippen LogP contribution in [0.15, 0.2) is 18.2 Å². The van der Waals surface area contributed by atoms with Crippen LogP contribution in [0.1, 0.15) is 24.8 Å². The molecule has 2 atom stereocenters. The maximum absolute atomic E-state index is 11.8. The zero-order valence-electron chi connectivity index (χ0n) is 11.6. The summed E-state index contributed by atoms with van der Waals surface area (Å²) in [6.07, 6.45) is 3.69. The van der Waals surface area contributed by atoms with Crippen molar-refractivity contribution in [2.75, 3.05) is 18.7 Å². The Morgan fingerprint density at radius 3 is 2.75 bits per heavy atom. The highest BCUT2D eigenvalue weighted by Gasteiger charge is 2.35. The van der Waals surface area contributed by atoms with Gasteiger partial charge in [-0.05, 0) is 31.4 Å². The van der Waals surface area contributed by atoms with Crippen LogP contribution >= 0.6 is 0 Å². The SMILES string of the molecule is COc1cc(C#N)ccc1NC1CCCC1S(C)(=O)=O. The van der Waals surface area contributed by atoms with Gasteiger partial charge in [0, 0.05) is 18.4 Å². The van der Waals surface area contributed by atoms with Crippen LogP contribution in [0.4, 0.5) is 5.69 Å². The average Bonchev–Trinajstić information content (AvgIpc) is 2.87. The second-order valence-corrected chi connectivity index (χ2v) is 7.34. The summed E-state index contributed by atoms with van der Waals surface area (Å²) in [5.41, 5.74) is 1.24. The molecule has 1 N–H and O–H groups in total. The van der Waals surface area contributed by atoms with Gasteiger partial charge >= 0.3 is 0 Å². The zero-order valence-corrected chi connectivity index (χ0v) is 12.4. The molecule has 20 heavy (non-hydrogen) atoms. The average molecular weight is 294 g/mol. The van der Waals surface area contributed by atoms with Gasteiger partial charge in [-0.1, -0.05) is 0 Å². The fourth-order valence-corrected chi connectivity index (χ4v) is 4.08. The Kier molecular flexibility index (Phi) is 4.19. The largest absolute Gasteiger partial charge is 0.495 e. The van der Waals surface area contributed by atoms with E-state index < -0.39 is 9.84 Å². The summed E-state index contributed by atoms with van der Waals surface area (Å²) in [5, 5.41) is 11.8. The van der Waals surface area contributed by atoms with E-state index in [1.54, 1.807) is 18.2 Å². The summed E-state index contributed by atoms with van der Waals surface area (Å²) in [6.45, 7) is 0. The van der Waals surface area contributed by atoms with Crippen molar-refractivity contribution in [3.8, 4) is 11.8 Å². The third kappa shape index (κ3) is 3.05. The van der Waals surface area contributed by atoms with E-state index in [1.165, 1.54) is 13.4 Å². The smallest absolute Gasteiger partial charge is 0.152 e. The molecule has 2 unspecified atom stereocenters. The van der Waals surface area contributed by atoms with Crippen LogP contribution in [0.5, 0.6) is 5.75 Å². The molecule has 2 rings (SSSR count). The van der Waals surface area contributed by atoms with Crippen molar-refractivity contribution < 1.29 is 13.2 Å². The molecule has 0 amide bonds. The maximum atomic E-state index is 11.8. The quantitative estimate of drug-likeness (QED) is 0.918. The topological polar surface area (TPSA) is 79.2 Å². The summed E-state index contributed by atoms with van der Waals surface area (Å²) in [4.78, 5) is 0. The number of benzene rings is 1. The minimum atomic E-state index is -3.06. The first kappa shape index (κ1) is 14.7. The lowest BCUT2D eigenvalue weighted by atomic mass is 10.1. The highest BCUT2D eigenvalue weighted by Crippen LogP contribution is 2.32. The minimum absolute atomic E-state index is 0.105. The van der Waals surface area contributed by atoms with Gasteiger partial charge in [0.1, 0.15) is 5.75 Å². The number of nitrogens with zero attached hydrogens (tertiary/aromatic N) is 1. The molecule has 0 spiro atoms. The fraction of sp³-hybridized carbons (Fsp3) is 0.500. The first-order valence-corrected chi connectivity index (χ1v) is 8.44. The van der Waals surface area contributed by atoms with Crippen LogP contribution in [0.2, 0.25) is 0 Å². The van der Waals surface area contributed by atoms with E-state index in [0.717, 1.165) is 18.5 Å². The molecule has 1 saturated carbocycles. The van der Waals surface area contributed by atoms with Crippen LogP contribution in [0.25, 0.3) is 0 Å². The summed E-state index contributed by atoms with van der Waals surface area (Å²) >= 11 is 0. The van der Waals surface area contributed by atoms with Gasteiger partial charge in [-0.3, -0.25) is 0 Å². The van der Waals surface area contributed by atoms with E-state index in [4.69, 9.17) is 10.00 Å². The number of rotatable bonds is 4. The lowest BCUT2D eigenvalue weighted by molar-refractivity contribution is 0.415. The molecule has 1 aliphatic rings. The van der Waals surface area contributed by atoms with Crippen LogP contribution in [0.3, 0.4) is 0 Å². The van der Waals surface area contributed by atoms with Crippen molar-refractivity contribution in [3.05, 3.63) is 23.8 Å². The van der Waals surface area contributed by atoms with E-state index in [1.807, 2.05) is 0 Å². The molecular formula is C14H18N2O3S. The Hall–Kier alpha value is -1.74. The van der Waals surface area contributed by atoms with Gasteiger partial charge < -0.3 is 10.1 Å². The fourth-order valence-electron chi connectivity index (χ4n) is 2.68. The summed E-state index contributed by atoms with van der Waals surface area (Å²) in [6, 6.07) is 7.04. The van der Waals surface area contributed by atoms with Gasteiger partial charge in [0.05, 0.1) is 29.7 Å². The molecule has 0 bridgehead atoms. The molecule has 5 nitrogen and oxygen atoms in total. The second kappa shape index (κ2) is 5.71. The number of anilines is 1. The number of methoxy groups -OCH3 is 1. The van der Waals surface area contributed by atoms with Crippen molar-refractivity contribution in [2.24, 2.45) is 0 Å². The van der Waals surface area contributed by atoms with Gasteiger partial charge in [0.2, 0.25) is 0 Å². The molecule has 0 heterocycles. The van der Waals surface area contributed by atoms with Gasteiger partial charge in [-0.2, -0.15) is 5.26 Å². The molecule has 0 aromatic heterocycles. The first-order chi connectivity index (χ1) is 9.45. The second-order valence-electron chi connectivity index (χ2n) is 5.08. The molecule has 0 saturated heterocycles. The third-order valence-electron chi connectivity index (χ3n) is 3.67. The van der Waals surface area contributed by atoms with Crippen molar-refractivity contribution in [1.82, 2.24) is 0 Å². The molecule has 108 valence electrons. The van der Waals surface area contributed by atoms with Gasteiger partial charge in [0.25, 0.3) is 0 Å². The maximum Gasteiger partial charge on any atom is 0.152 e. The molecule has 1 aliphatic carbocycles. The molecule has 6 heteroatoms. The van der Waals surface area contributed by atoms with E-state index in [9.17, 15) is 8.42 Å². The first-order valence-electron chi connectivity index (χ1n) is 6.49. The number of hydrogen-bond donors (Lipinski definition) is 1. The van der Waals surface area contributed by atoms with Gasteiger partial charge in [0.15, 0.2) is 9.84 Å². The number of nitrogens with one attached hydrogen (secondary N) is 1. The molecule has 1 aromatic carbocycles. The Morgan fingerprint density at radius 2 is 2.15 bits per heavy atom. The Bertz CT molecular complexity index is 634. The highest BCUT2D eigenvalue weighted by molar-refractivity contribution is 7.91. The van der Waals surface area contributed by atoms with E-state index >= 15 is 0 Å². The molecule has 1 fully saturated rings. The standard InChI is InChI=1S/C14H18N2O3S/c1-19-13-8-10(9-15)6-7-11(13)16-12-4-3-5-14(12)20(2,17)18/h6-8,12,14,16H,3-5H2,1-2H3. The van der Waals surface area contributed by atoms with E-state index in [-0.39, 0.29) is 11.3 Å². The summed E-state index contributed by atoms with van der Waals surface area (Å²) < 4.78 is 28.8. The summed E-state index contributed by atoms with van der Waals surface area (Å²) in [5.74, 6) is 0.559. The predicted molar refractivity (Wildman–Crippen MR) is 77.6 cm³/mol. The lowest BCUT2D eigenvalue weighted by Gasteiger charge is -2.22. The van der Waals surface area contributed by atoms with Gasteiger partial charge in [-0.25, -0.2) is 8.42 Å². The van der Waals surface area contributed by atoms with Crippen LogP contribution in [0, 0.1) is 11.3 Å². The third-order valence-corrected chi connectivity index (χ3v) is 5.34. The summed E-state index contributed by atoms with van der Waals surface area (Å²) in [7, 11) is -1.53. The van der Waals surface area contributed by atoms with Crippen LogP contribution < -0.4 is 10.1 Å². The lowest BCUT2D eigenvalue weighted by Crippen LogP contribution is -2.34. The van der Waals surface area contributed by atoms with Crippen LogP contribution in [-0.4, -0.2) is 33.1 Å². The van der Waals surface area contributed by atoms with Crippen molar-refractivity contribution in [3.63, 3.8) is 0 Å². The van der Waals surface area contributed by atoms with E-state index in [0.29, 0.717) is 17.7 Å². The normalized spacial score (nSPS) is 22.2. The number of sulfone groups is 1. The number of hydrogen-bond acceptors (Lipinski definition) is 5.